The number of aryl methyl sites for hydroxylation is 2. The lowest BCUT2D eigenvalue weighted by atomic mass is 10.3. The van der Waals surface area contributed by atoms with Crippen LogP contribution in [-0.4, -0.2) is 14.4 Å². The quantitative estimate of drug-likeness (QED) is 0.746. The van der Waals surface area contributed by atoms with Crippen LogP contribution in [0.5, 0.6) is 0 Å². The number of imidazole rings is 1. The van der Waals surface area contributed by atoms with Crippen molar-refractivity contribution in [2.75, 3.05) is 5.32 Å². The highest BCUT2D eigenvalue weighted by Gasteiger charge is 2.07. The summed E-state index contributed by atoms with van der Waals surface area (Å²) in [5.41, 5.74) is 3.14. The molecule has 0 aliphatic rings. The van der Waals surface area contributed by atoms with E-state index >= 15 is 0 Å². The molecule has 4 nitrogen and oxygen atoms in total. The topological polar surface area (TPSA) is 42.2 Å². The fraction of sp³-hybridized carbons (Fsp3) is 0.143. The summed E-state index contributed by atoms with van der Waals surface area (Å²) in [6.07, 6.45) is 1.81. The highest BCUT2D eigenvalue weighted by molar-refractivity contribution is 5.59. The van der Waals surface area contributed by atoms with Crippen molar-refractivity contribution < 1.29 is 0 Å². The number of para-hydroxylation sites is 1. The van der Waals surface area contributed by atoms with Gasteiger partial charge in [0.15, 0.2) is 0 Å². The number of nitrogens with one attached hydrogen (secondary N) is 1. The summed E-state index contributed by atoms with van der Waals surface area (Å²) in [4.78, 5) is 8.74. The molecule has 0 unspecified atom stereocenters. The van der Waals surface area contributed by atoms with Crippen LogP contribution in [0.4, 0.5) is 11.5 Å². The Hall–Kier alpha value is -2.36. The Morgan fingerprint density at radius 2 is 1.89 bits per heavy atom. The first-order valence-corrected chi connectivity index (χ1v) is 5.88. The molecule has 0 radical (unpaired) electrons. The molecule has 1 aromatic carbocycles. The molecule has 18 heavy (non-hydrogen) atoms. The monoisotopic (exact) mass is 238 g/mol. The minimum Gasteiger partial charge on any atom is -0.340 e. The summed E-state index contributed by atoms with van der Waals surface area (Å²) in [5, 5.41) is 3.35. The molecule has 1 N–H and O–H groups in total. The lowest BCUT2D eigenvalue weighted by molar-refractivity contribution is 1.02. The van der Waals surface area contributed by atoms with Gasteiger partial charge >= 0.3 is 0 Å². The lowest BCUT2D eigenvalue weighted by Gasteiger charge is -2.08. The molecule has 3 aromatic rings. The van der Waals surface area contributed by atoms with E-state index in [0.717, 1.165) is 28.7 Å². The Kier molecular flexibility index (Phi) is 2.48. The van der Waals surface area contributed by atoms with Gasteiger partial charge in [-0.3, -0.25) is 4.40 Å². The normalized spacial score (nSPS) is 10.8. The third-order valence-corrected chi connectivity index (χ3v) is 2.84. The van der Waals surface area contributed by atoms with Crippen molar-refractivity contribution in [3.8, 4) is 0 Å². The van der Waals surface area contributed by atoms with Gasteiger partial charge in [0.25, 0.3) is 0 Å². The SMILES string of the molecule is Cc1cc(C)n2c(Nc3ccccc3)cnc2n1. The second-order valence-electron chi connectivity index (χ2n) is 4.31. The third-order valence-electron chi connectivity index (χ3n) is 2.84. The largest absolute Gasteiger partial charge is 0.340 e. The van der Waals surface area contributed by atoms with Crippen LogP contribution >= 0.6 is 0 Å². The molecule has 0 spiro atoms. The lowest BCUT2D eigenvalue weighted by Crippen LogP contribution is -2.00. The summed E-state index contributed by atoms with van der Waals surface area (Å²) in [7, 11) is 0. The molecule has 3 rings (SSSR count). The molecule has 0 amide bonds. The van der Waals surface area contributed by atoms with Gasteiger partial charge in [0.1, 0.15) is 5.82 Å². The Morgan fingerprint density at radius 3 is 2.67 bits per heavy atom. The molecule has 0 bridgehead atoms. The number of nitrogens with zero attached hydrogens (tertiary/aromatic N) is 3. The third kappa shape index (κ3) is 1.82. The number of fused-ring (bicyclic) bond motifs is 1. The molecule has 90 valence electrons. The zero-order chi connectivity index (χ0) is 12.5. The summed E-state index contributed by atoms with van der Waals surface area (Å²) < 4.78 is 2.01. The summed E-state index contributed by atoms with van der Waals surface area (Å²) in [5.74, 6) is 1.66. The highest BCUT2D eigenvalue weighted by atomic mass is 15.2. The summed E-state index contributed by atoms with van der Waals surface area (Å²) in [6.45, 7) is 4.03. The molecular formula is C14H14N4. The van der Waals surface area contributed by atoms with E-state index in [0.29, 0.717) is 0 Å². The van der Waals surface area contributed by atoms with E-state index in [2.05, 4.69) is 22.2 Å². The summed E-state index contributed by atoms with van der Waals surface area (Å²) in [6, 6.07) is 12.1. The van der Waals surface area contributed by atoms with E-state index in [4.69, 9.17) is 0 Å². The van der Waals surface area contributed by atoms with Crippen LogP contribution in [0.3, 0.4) is 0 Å². The second kappa shape index (κ2) is 4.14. The molecule has 2 aromatic heterocycles. The fourth-order valence-corrected chi connectivity index (χ4v) is 2.08. The Balaban J connectivity index is 2.08. The van der Waals surface area contributed by atoms with Gasteiger partial charge in [-0.1, -0.05) is 18.2 Å². The standard InChI is InChI=1S/C14H14N4/c1-10-8-11(2)18-13(9-15-14(18)16-10)17-12-6-4-3-5-7-12/h3-9,17H,1-2H3. The first-order chi connectivity index (χ1) is 8.74. The molecule has 0 saturated carbocycles. The van der Waals surface area contributed by atoms with Gasteiger partial charge in [-0.25, -0.2) is 9.97 Å². The number of aromatic nitrogens is 3. The van der Waals surface area contributed by atoms with Crippen LogP contribution in [0.15, 0.2) is 42.6 Å². The second-order valence-corrected chi connectivity index (χ2v) is 4.31. The van der Waals surface area contributed by atoms with Crippen LogP contribution in [0, 0.1) is 13.8 Å². The predicted molar refractivity (Wildman–Crippen MR) is 72.2 cm³/mol. The maximum atomic E-state index is 4.41. The van der Waals surface area contributed by atoms with Gasteiger partial charge in [-0.05, 0) is 32.0 Å². The first-order valence-electron chi connectivity index (χ1n) is 5.88. The van der Waals surface area contributed by atoms with E-state index in [1.807, 2.05) is 53.9 Å². The number of anilines is 2. The van der Waals surface area contributed by atoms with Gasteiger partial charge in [-0.2, -0.15) is 0 Å². The fourth-order valence-electron chi connectivity index (χ4n) is 2.08. The average Bonchev–Trinajstić information content (AvgIpc) is 2.73. The number of benzene rings is 1. The molecule has 2 heterocycles. The molecule has 4 heteroatoms. The number of hydrogen-bond donors (Lipinski definition) is 1. The van der Waals surface area contributed by atoms with Crippen LogP contribution in [-0.2, 0) is 0 Å². The van der Waals surface area contributed by atoms with Crippen LogP contribution < -0.4 is 5.32 Å². The van der Waals surface area contributed by atoms with E-state index in [1.54, 1.807) is 0 Å². The average molecular weight is 238 g/mol. The van der Waals surface area contributed by atoms with Gasteiger partial charge in [-0.15, -0.1) is 0 Å². The van der Waals surface area contributed by atoms with Crippen molar-refractivity contribution in [2.45, 2.75) is 13.8 Å². The molecule has 0 fully saturated rings. The molecule has 0 saturated heterocycles. The molecule has 0 atom stereocenters. The van der Waals surface area contributed by atoms with Crippen LogP contribution in [0.25, 0.3) is 5.78 Å². The Bertz CT molecular complexity index is 686. The number of hydrogen-bond acceptors (Lipinski definition) is 3. The van der Waals surface area contributed by atoms with E-state index in [9.17, 15) is 0 Å². The zero-order valence-corrected chi connectivity index (χ0v) is 10.4. The van der Waals surface area contributed by atoms with Gasteiger partial charge in [0.2, 0.25) is 5.78 Å². The van der Waals surface area contributed by atoms with Crippen molar-refractivity contribution in [2.24, 2.45) is 0 Å². The van der Waals surface area contributed by atoms with Crippen molar-refractivity contribution in [3.63, 3.8) is 0 Å². The molecule has 0 aliphatic heterocycles. The maximum Gasteiger partial charge on any atom is 0.235 e. The smallest absolute Gasteiger partial charge is 0.235 e. The van der Waals surface area contributed by atoms with Crippen molar-refractivity contribution in [1.29, 1.82) is 0 Å². The highest BCUT2D eigenvalue weighted by Crippen LogP contribution is 2.19. The molecule has 0 aliphatic carbocycles. The van der Waals surface area contributed by atoms with Crippen LogP contribution in [0.2, 0.25) is 0 Å². The first kappa shape index (κ1) is 10.8. The van der Waals surface area contributed by atoms with Gasteiger partial charge < -0.3 is 5.32 Å². The van der Waals surface area contributed by atoms with E-state index in [-0.39, 0.29) is 0 Å². The molecular weight excluding hydrogens is 224 g/mol. The van der Waals surface area contributed by atoms with Crippen molar-refractivity contribution in [3.05, 3.63) is 54.0 Å². The van der Waals surface area contributed by atoms with Gasteiger partial charge in [0.05, 0.1) is 6.20 Å². The van der Waals surface area contributed by atoms with Crippen molar-refractivity contribution in [1.82, 2.24) is 14.4 Å². The van der Waals surface area contributed by atoms with E-state index < -0.39 is 0 Å². The van der Waals surface area contributed by atoms with E-state index in [1.165, 1.54) is 0 Å². The van der Waals surface area contributed by atoms with Crippen LogP contribution in [0.1, 0.15) is 11.4 Å². The maximum absolute atomic E-state index is 4.41. The van der Waals surface area contributed by atoms with Gasteiger partial charge in [0, 0.05) is 17.1 Å². The van der Waals surface area contributed by atoms with Crippen molar-refractivity contribution >= 4 is 17.3 Å². The minimum absolute atomic E-state index is 0.728. The Labute approximate surface area is 105 Å². The predicted octanol–water partition coefficient (Wildman–Crippen LogP) is 3.09. The summed E-state index contributed by atoms with van der Waals surface area (Å²) >= 11 is 0. The minimum atomic E-state index is 0.728. The number of rotatable bonds is 2. The Morgan fingerprint density at radius 1 is 1.11 bits per heavy atom. The zero-order valence-electron chi connectivity index (χ0n) is 10.4.